The molecule has 2 heteroatoms. The van der Waals surface area contributed by atoms with Crippen LogP contribution in [0.25, 0.3) is 11.1 Å². The summed E-state index contributed by atoms with van der Waals surface area (Å²) in [5, 5.41) is 0. The van der Waals surface area contributed by atoms with Gasteiger partial charge < -0.3 is 5.73 Å². The van der Waals surface area contributed by atoms with E-state index >= 15 is 0 Å². The monoisotopic (exact) mass is 261 g/mol. The Hall–Kier alpha value is -1.28. The predicted molar refractivity (Wildman–Crippen MR) is 68.7 cm³/mol. The van der Waals surface area contributed by atoms with Gasteiger partial charge in [0.2, 0.25) is 0 Å². The number of nitrogens with two attached hydrogens (primary N) is 1. The highest BCUT2D eigenvalue weighted by Gasteiger charge is 2.02. The molecule has 15 heavy (non-hydrogen) atoms. The minimum atomic E-state index is 0.801. The molecule has 76 valence electrons. The molecule has 0 atom stereocenters. The molecule has 2 rings (SSSR count). The van der Waals surface area contributed by atoms with Crippen LogP contribution < -0.4 is 5.73 Å². The van der Waals surface area contributed by atoms with Gasteiger partial charge in [-0.3, -0.25) is 0 Å². The lowest BCUT2D eigenvalue weighted by Gasteiger charge is -2.07. The molecule has 1 nitrogen and oxygen atoms in total. The lowest BCUT2D eigenvalue weighted by atomic mass is 10.0. The smallest absolute Gasteiger partial charge is 0.0320 e. The Morgan fingerprint density at radius 1 is 1.07 bits per heavy atom. The van der Waals surface area contributed by atoms with E-state index in [1.165, 1.54) is 16.7 Å². The zero-order chi connectivity index (χ0) is 10.8. The average molecular weight is 262 g/mol. The Labute approximate surface area is 98.1 Å². The number of aryl methyl sites for hydroxylation is 1. The third kappa shape index (κ3) is 2.21. The van der Waals surface area contributed by atoms with Crippen LogP contribution in [0.1, 0.15) is 5.56 Å². The van der Waals surface area contributed by atoms with Gasteiger partial charge in [-0.25, -0.2) is 0 Å². The Balaban J connectivity index is 2.58. The Bertz CT molecular complexity index is 492. The van der Waals surface area contributed by atoms with Crippen LogP contribution in [-0.4, -0.2) is 0 Å². The summed E-state index contributed by atoms with van der Waals surface area (Å²) < 4.78 is 1.09. The van der Waals surface area contributed by atoms with Gasteiger partial charge in [-0.05, 0) is 47.9 Å². The van der Waals surface area contributed by atoms with Gasteiger partial charge in [-0.1, -0.05) is 34.1 Å². The maximum Gasteiger partial charge on any atom is 0.0320 e. The van der Waals surface area contributed by atoms with Gasteiger partial charge in [-0.2, -0.15) is 0 Å². The van der Waals surface area contributed by atoms with Crippen LogP contribution in [0.4, 0.5) is 5.69 Å². The molecule has 0 aliphatic carbocycles. The molecule has 0 heterocycles. The molecule has 0 amide bonds. The Kier molecular flexibility index (Phi) is 2.78. The van der Waals surface area contributed by atoms with E-state index in [0.29, 0.717) is 0 Å². The fraction of sp³-hybridized carbons (Fsp3) is 0.0769. The van der Waals surface area contributed by atoms with Gasteiger partial charge in [0.25, 0.3) is 0 Å². The van der Waals surface area contributed by atoms with Gasteiger partial charge in [0.05, 0.1) is 0 Å². The van der Waals surface area contributed by atoms with Crippen LogP contribution in [0.15, 0.2) is 46.9 Å². The summed E-state index contributed by atoms with van der Waals surface area (Å²) >= 11 is 3.47. The largest absolute Gasteiger partial charge is 0.399 e. The molecule has 0 aliphatic heterocycles. The Morgan fingerprint density at radius 3 is 2.60 bits per heavy atom. The molecule has 0 bridgehead atoms. The maximum absolute atomic E-state index is 5.79. The normalized spacial score (nSPS) is 10.3. The summed E-state index contributed by atoms with van der Waals surface area (Å²) in [6.07, 6.45) is 0. The van der Waals surface area contributed by atoms with Gasteiger partial charge >= 0.3 is 0 Å². The van der Waals surface area contributed by atoms with E-state index in [9.17, 15) is 0 Å². The van der Waals surface area contributed by atoms with Crippen molar-refractivity contribution in [2.75, 3.05) is 5.73 Å². The summed E-state index contributed by atoms with van der Waals surface area (Å²) in [5.41, 5.74) is 10.2. The van der Waals surface area contributed by atoms with Crippen molar-refractivity contribution < 1.29 is 0 Å². The molecule has 0 spiro atoms. The highest BCUT2D eigenvalue weighted by molar-refractivity contribution is 9.10. The predicted octanol–water partition coefficient (Wildman–Crippen LogP) is 4.01. The van der Waals surface area contributed by atoms with E-state index in [1.54, 1.807) is 0 Å². The van der Waals surface area contributed by atoms with Crippen LogP contribution in [0.3, 0.4) is 0 Å². The Morgan fingerprint density at radius 2 is 1.87 bits per heavy atom. The summed E-state index contributed by atoms with van der Waals surface area (Å²) in [6, 6.07) is 14.2. The van der Waals surface area contributed by atoms with Crippen molar-refractivity contribution in [3.8, 4) is 11.1 Å². The van der Waals surface area contributed by atoms with E-state index in [0.717, 1.165) is 10.2 Å². The molecular formula is C13H12BrN. The molecule has 2 N–H and O–H groups in total. The lowest BCUT2D eigenvalue weighted by molar-refractivity contribution is 1.45. The molecule has 0 saturated heterocycles. The molecular weight excluding hydrogens is 250 g/mol. The van der Waals surface area contributed by atoms with E-state index < -0.39 is 0 Å². The average Bonchev–Trinajstić information content (AvgIpc) is 2.22. The zero-order valence-corrected chi connectivity index (χ0v) is 10.1. The van der Waals surface area contributed by atoms with E-state index in [1.807, 2.05) is 30.3 Å². The topological polar surface area (TPSA) is 26.0 Å². The van der Waals surface area contributed by atoms with Crippen LogP contribution in [0.5, 0.6) is 0 Å². The summed E-state index contributed by atoms with van der Waals surface area (Å²) in [6.45, 7) is 2.09. The van der Waals surface area contributed by atoms with Gasteiger partial charge in [0.15, 0.2) is 0 Å². The van der Waals surface area contributed by atoms with Crippen molar-refractivity contribution in [1.82, 2.24) is 0 Å². The van der Waals surface area contributed by atoms with Crippen molar-refractivity contribution in [2.45, 2.75) is 6.92 Å². The maximum atomic E-state index is 5.79. The number of halogens is 1. The SMILES string of the molecule is Cc1ccc(N)cc1-c1cccc(Br)c1. The van der Waals surface area contributed by atoms with Crippen molar-refractivity contribution >= 4 is 21.6 Å². The number of rotatable bonds is 1. The third-order valence-electron chi connectivity index (χ3n) is 2.40. The van der Waals surface area contributed by atoms with Crippen LogP contribution >= 0.6 is 15.9 Å². The fourth-order valence-electron chi connectivity index (χ4n) is 1.61. The van der Waals surface area contributed by atoms with Crippen LogP contribution in [0, 0.1) is 6.92 Å². The number of anilines is 1. The molecule has 0 saturated carbocycles. The quantitative estimate of drug-likeness (QED) is 0.772. The second-order valence-electron chi connectivity index (χ2n) is 3.58. The number of nitrogen functional groups attached to an aromatic ring is 1. The fourth-order valence-corrected chi connectivity index (χ4v) is 2.01. The standard InChI is InChI=1S/C13H12BrN/c1-9-5-6-12(15)8-13(9)10-3-2-4-11(14)7-10/h2-8H,15H2,1H3. The first kappa shape index (κ1) is 10.2. The molecule has 0 aromatic heterocycles. The first-order chi connectivity index (χ1) is 7.16. The minimum absolute atomic E-state index is 0.801. The lowest BCUT2D eigenvalue weighted by Crippen LogP contribution is -1.88. The summed E-state index contributed by atoms with van der Waals surface area (Å²) in [5.74, 6) is 0. The molecule has 2 aromatic rings. The van der Waals surface area contributed by atoms with Crippen molar-refractivity contribution in [2.24, 2.45) is 0 Å². The highest BCUT2D eigenvalue weighted by Crippen LogP contribution is 2.27. The molecule has 0 aliphatic rings. The van der Waals surface area contributed by atoms with Gasteiger partial charge in [0.1, 0.15) is 0 Å². The molecule has 0 radical (unpaired) electrons. The van der Waals surface area contributed by atoms with E-state index in [4.69, 9.17) is 5.73 Å². The first-order valence-electron chi connectivity index (χ1n) is 4.79. The second-order valence-corrected chi connectivity index (χ2v) is 4.50. The van der Waals surface area contributed by atoms with Crippen molar-refractivity contribution in [1.29, 1.82) is 0 Å². The molecule has 0 fully saturated rings. The first-order valence-corrected chi connectivity index (χ1v) is 5.58. The van der Waals surface area contributed by atoms with Crippen molar-refractivity contribution in [3.63, 3.8) is 0 Å². The summed E-state index contributed by atoms with van der Waals surface area (Å²) in [7, 11) is 0. The third-order valence-corrected chi connectivity index (χ3v) is 2.89. The van der Waals surface area contributed by atoms with Gasteiger partial charge in [0, 0.05) is 10.2 Å². The second kappa shape index (κ2) is 4.07. The van der Waals surface area contributed by atoms with Crippen LogP contribution in [-0.2, 0) is 0 Å². The summed E-state index contributed by atoms with van der Waals surface area (Å²) in [4.78, 5) is 0. The zero-order valence-electron chi connectivity index (χ0n) is 8.50. The molecule has 2 aromatic carbocycles. The van der Waals surface area contributed by atoms with Crippen molar-refractivity contribution in [3.05, 3.63) is 52.5 Å². The van der Waals surface area contributed by atoms with Gasteiger partial charge in [-0.15, -0.1) is 0 Å². The van der Waals surface area contributed by atoms with Crippen LogP contribution in [0.2, 0.25) is 0 Å². The number of hydrogen-bond acceptors (Lipinski definition) is 1. The molecule has 0 unspecified atom stereocenters. The minimum Gasteiger partial charge on any atom is -0.399 e. The highest BCUT2D eigenvalue weighted by atomic mass is 79.9. The van der Waals surface area contributed by atoms with E-state index in [-0.39, 0.29) is 0 Å². The van der Waals surface area contributed by atoms with E-state index in [2.05, 4.69) is 35.0 Å². The number of hydrogen-bond donors (Lipinski definition) is 1. The number of benzene rings is 2.